The maximum absolute atomic E-state index is 16.9. The second kappa shape index (κ2) is 10.8. The zero-order valence-corrected chi connectivity index (χ0v) is 25.6. The van der Waals surface area contributed by atoms with Gasteiger partial charge in [0.2, 0.25) is 0 Å². The first kappa shape index (κ1) is 30.2. The van der Waals surface area contributed by atoms with Gasteiger partial charge in [0.1, 0.15) is 44.3 Å². The van der Waals surface area contributed by atoms with Gasteiger partial charge >= 0.3 is 6.01 Å². The molecule has 3 saturated heterocycles. The molecule has 0 unspecified atom stereocenters. The van der Waals surface area contributed by atoms with E-state index in [1.807, 2.05) is 11.8 Å². The number of phenolic OH excluding ortho intramolecular Hbond substituents is 1. The number of hydrogen-bond donors (Lipinski definition) is 2. The van der Waals surface area contributed by atoms with Gasteiger partial charge in [-0.25, -0.2) is 8.78 Å². The number of anilines is 1. The SMILES string of the molecule is [B]C([B])(Oc1nc(N2CCC[C@@](C)(O)C2)c2cnc(-c3cc(O)cc4ccc(F)c(CC)c34)c(F)c2n1)C12CCCN1CCC2. The summed E-state index contributed by atoms with van der Waals surface area (Å²) in [7, 11) is 13.5. The number of hydrogen-bond acceptors (Lipinski definition) is 8. The minimum absolute atomic E-state index is 0.0841. The molecule has 0 aliphatic carbocycles. The van der Waals surface area contributed by atoms with Gasteiger partial charge in [0.05, 0.1) is 11.0 Å². The molecule has 8 nitrogen and oxygen atoms in total. The maximum atomic E-state index is 16.9. The van der Waals surface area contributed by atoms with E-state index in [9.17, 15) is 14.6 Å². The Balaban J connectivity index is 1.43. The minimum Gasteiger partial charge on any atom is -0.508 e. The lowest BCUT2D eigenvalue weighted by Crippen LogP contribution is -2.63. The van der Waals surface area contributed by atoms with E-state index in [-0.39, 0.29) is 35.1 Å². The van der Waals surface area contributed by atoms with Gasteiger partial charge in [-0.1, -0.05) is 13.0 Å². The highest BCUT2D eigenvalue weighted by molar-refractivity contribution is 6.40. The first-order chi connectivity index (χ1) is 21.4. The molecule has 1 atom stereocenters. The van der Waals surface area contributed by atoms with E-state index in [1.165, 1.54) is 24.4 Å². The summed E-state index contributed by atoms with van der Waals surface area (Å²) < 4.78 is 38.1. The minimum atomic E-state index is -1.65. The molecular formula is C33H35B2F2N5O3. The second-order valence-electron chi connectivity index (χ2n) is 13.1. The summed E-state index contributed by atoms with van der Waals surface area (Å²) >= 11 is 0. The normalized spacial score (nSPS) is 21.9. The predicted molar refractivity (Wildman–Crippen MR) is 171 cm³/mol. The fourth-order valence-corrected chi connectivity index (χ4v) is 7.92. The van der Waals surface area contributed by atoms with Crippen LogP contribution in [-0.4, -0.2) is 88.5 Å². The third-order valence-electron chi connectivity index (χ3n) is 10.0. The monoisotopic (exact) mass is 609 g/mol. The zero-order chi connectivity index (χ0) is 31.7. The number of fused-ring (bicyclic) bond motifs is 3. The Kier molecular flexibility index (Phi) is 7.24. The first-order valence-electron chi connectivity index (χ1n) is 15.7. The average Bonchev–Trinajstić information content (AvgIpc) is 3.59. The highest BCUT2D eigenvalue weighted by atomic mass is 19.1. The van der Waals surface area contributed by atoms with Crippen LogP contribution in [0, 0.1) is 11.6 Å². The second-order valence-corrected chi connectivity index (χ2v) is 13.1. The number of rotatable bonds is 6. The van der Waals surface area contributed by atoms with Crippen LogP contribution in [-0.2, 0) is 6.42 Å². The Bertz CT molecular complexity index is 1810. The predicted octanol–water partition coefficient (Wildman–Crippen LogP) is 4.74. The summed E-state index contributed by atoms with van der Waals surface area (Å²) in [5.74, 6) is -0.977. The van der Waals surface area contributed by atoms with Crippen LogP contribution in [0.25, 0.3) is 32.9 Å². The number of ether oxygens (including phenoxy) is 1. The van der Waals surface area contributed by atoms with Crippen LogP contribution in [0.15, 0.2) is 30.5 Å². The Labute approximate surface area is 263 Å². The number of phenols is 1. The quantitative estimate of drug-likeness (QED) is 0.303. The number of pyridine rings is 1. The molecule has 2 aromatic carbocycles. The van der Waals surface area contributed by atoms with E-state index >= 15 is 4.39 Å². The third kappa shape index (κ3) is 4.92. The van der Waals surface area contributed by atoms with Crippen LogP contribution in [0.1, 0.15) is 57.9 Å². The number of aromatic nitrogens is 3. The maximum Gasteiger partial charge on any atom is 0.318 e. The number of benzene rings is 2. The summed E-state index contributed by atoms with van der Waals surface area (Å²) in [5, 5.41) is 21.2. The van der Waals surface area contributed by atoms with Crippen LogP contribution >= 0.6 is 0 Å². The van der Waals surface area contributed by atoms with Gasteiger partial charge in [0, 0.05) is 35.8 Å². The fraction of sp³-hybridized carbons (Fsp3) is 0.485. The van der Waals surface area contributed by atoms with Crippen molar-refractivity contribution >= 4 is 43.2 Å². The smallest absolute Gasteiger partial charge is 0.318 e. The third-order valence-corrected chi connectivity index (χ3v) is 10.0. The first-order valence-corrected chi connectivity index (χ1v) is 15.7. The van der Waals surface area contributed by atoms with E-state index in [1.54, 1.807) is 13.0 Å². The molecule has 12 heteroatoms. The van der Waals surface area contributed by atoms with Crippen molar-refractivity contribution in [3.8, 4) is 23.0 Å². The fourth-order valence-electron chi connectivity index (χ4n) is 7.92. The Morgan fingerprint density at radius 3 is 2.49 bits per heavy atom. The molecule has 3 aliphatic rings. The number of aromatic hydroxyl groups is 1. The van der Waals surface area contributed by atoms with Crippen LogP contribution < -0.4 is 9.64 Å². The average molecular weight is 609 g/mol. The van der Waals surface area contributed by atoms with Crippen LogP contribution in [0.4, 0.5) is 14.6 Å². The van der Waals surface area contributed by atoms with Crippen molar-refractivity contribution in [2.75, 3.05) is 31.1 Å². The van der Waals surface area contributed by atoms with Crippen molar-refractivity contribution in [3.05, 3.63) is 47.7 Å². The molecule has 2 N–H and O–H groups in total. The molecule has 230 valence electrons. The molecule has 45 heavy (non-hydrogen) atoms. The molecular weight excluding hydrogens is 574 g/mol. The van der Waals surface area contributed by atoms with Crippen molar-refractivity contribution in [1.29, 1.82) is 0 Å². The van der Waals surface area contributed by atoms with Gasteiger partial charge in [-0.2, -0.15) is 9.97 Å². The Morgan fingerprint density at radius 1 is 1.04 bits per heavy atom. The van der Waals surface area contributed by atoms with E-state index in [4.69, 9.17) is 25.4 Å². The molecule has 0 saturated carbocycles. The van der Waals surface area contributed by atoms with E-state index < -0.39 is 28.2 Å². The van der Waals surface area contributed by atoms with Crippen molar-refractivity contribution < 1.29 is 23.7 Å². The standard InChI is InChI=1S/C33H35B2F2N5O3/c1-3-21-24(36)8-7-19-15-20(43)16-22(25(19)21)27-26(37)28-23(17-38-27)29(41-12-4-9-31(2,44)18-41)40-30(39-28)45-33(34,35)32-10-5-13-42(32)14-6-11-32/h7-8,15-17,43-44H,3-6,9-14,18H2,1-2H3/t31-/m1/s1. The topological polar surface area (TPSA) is 94.8 Å². The largest absolute Gasteiger partial charge is 0.508 e. The summed E-state index contributed by atoms with van der Waals surface area (Å²) in [4.78, 5) is 17.9. The van der Waals surface area contributed by atoms with E-state index in [2.05, 4.69) is 14.9 Å². The van der Waals surface area contributed by atoms with E-state index in [0.29, 0.717) is 53.3 Å². The van der Waals surface area contributed by atoms with Gasteiger partial charge in [0.25, 0.3) is 0 Å². The molecule has 3 fully saturated rings. The highest BCUT2D eigenvalue weighted by Crippen LogP contribution is 2.46. The van der Waals surface area contributed by atoms with Gasteiger partial charge in [-0.3, -0.25) is 9.88 Å². The molecule has 0 bridgehead atoms. The lowest BCUT2D eigenvalue weighted by molar-refractivity contribution is 0.0440. The van der Waals surface area contributed by atoms with Gasteiger partial charge in [-0.05, 0) is 99.5 Å². The molecule has 2 aromatic heterocycles. The number of aliphatic hydroxyl groups is 1. The van der Waals surface area contributed by atoms with Gasteiger partial charge in [0.15, 0.2) is 5.82 Å². The summed E-state index contributed by atoms with van der Waals surface area (Å²) in [6, 6.07) is 5.61. The summed E-state index contributed by atoms with van der Waals surface area (Å²) in [5.41, 5.74) is -1.14. The molecule has 4 radical (unpaired) electrons. The molecule has 0 spiro atoms. The number of halogens is 2. The molecule has 0 amide bonds. The van der Waals surface area contributed by atoms with Gasteiger partial charge in [-0.15, -0.1) is 0 Å². The summed E-state index contributed by atoms with van der Waals surface area (Å²) in [6.45, 7) is 6.13. The molecule has 7 rings (SSSR count). The van der Waals surface area contributed by atoms with Crippen LogP contribution in [0.2, 0.25) is 0 Å². The van der Waals surface area contributed by atoms with Crippen LogP contribution in [0.3, 0.4) is 0 Å². The zero-order valence-electron chi connectivity index (χ0n) is 25.6. The van der Waals surface area contributed by atoms with Gasteiger partial charge < -0.3 is 19.8 Å². The van der Waals surface area contributed by atoms with Crippen molar-refractivity contribution in [3.63, 3.8) is 0 Å². The molecule has 3 aliphatic heterocycles. The number of nitrogens with zero attached hydrogens (tertiary/aromatic N) is 5. The number of piperidine rings is 1. The lowest BCUT2D eigenvalue weighted by Gasteiger charge is -2.47. The molecule has 4 aromatic rings. The van der Waals surface area contributed by atoms with E-state index in [0.717, 1.165) is 38.8 Å². The number of β-amino-alcohol motifs (C(OH)–C–C–N with tert-alkyl or cyclic N) is 1. The van der Waals surface area contributed by atoms with Crippen molar-refractivity contribution in [2.45, 2.75) is 75.3 Å². The lowest BCUT2D eigenvalue weighted by atomic mass is 9.53. The Hall–Kier alpha value is -3.50. The number of aryl methyl sites for hydroxylation is 1. The molecule has 5 heterocycles. The summed E-state index contributed by atoms with van der Waals surface area (Å²) in [6.07, 6.45) is 6.53. The van der Waals surface area contributed by atoms with Crippen molar-refractivity contribution in [1.82, 2.24) is 19.9 Å². The highest BCUT2D eigenvalue weighted by Gasteiger charge is 2.54. The van der Waals surface area contributed by atoms with Crippen molar-refractivity contribution in [2.24, 2.45) is 0 Å². The van der Waals surface area contributed by atoms with Crippen LogP contribution in [0.5, 0.6) is 11.8 Å². The Morgan fingerprint density at radius 2 is 1.78 bits per heavy atom.